The molecule has 1 aromatic carbocycles. The Morgan fingerprint density at radius 2 is 2.09 bits per heavy atom. The van der Waals surface area contributed by atoms with Crippen LogP contribution in [0.3, 0.4) is 0 Å². The quantitative estimate of drug-likeness (QED) is 0.485. The molecule has 9 nitrogen and oxygen atoms in total. The molecule has 2 saturated heterocycles. The number of benzene rings is 1. The molecule has 0 aliphatic carbocycles. The van der Waals surface area contributed by atoms with Crippen LogP contribution in [0.1, 0.15) is 53.5 Å². The van der Waals surface area contributed by atoms with E-state index >= 15 is 0 Å². The van der Waals surface area contributed by atoms with Crippen LogP contribution in [0.2, 0.25) is 0 Å². The molecule has 10 heteroatoms. The second kappa shape index (κ2) is 8.05. The Labute approximate surface area is 195 Å². The Hall–Kier alpha value is -3.53. The normalized spacial score (nSPS) is 21.1. The number of fused-ring (bicyclic) bond motifs is 2. The summed E-state index contributed by atoms with van der Waals surface area (Å²) in [4.78, 5) is 22.5. The second-order valence-corrected chi connectivity index (χ2v) is 9.39. The topological polar surface area (TPSA) is 108 Å². The number of aryl methyl sites for hydroxylation is 1. The number of hydrogen-bond acceptors (Lipinski definition) is 6. The Morgan fingerprint density at radius 3 is 2.91 bits per heavy atom. The molecule has 5 heterocycles. The van der Waals surface area contributed by atoms with Crippen LogP contribution in [0, 0.1) is 12.7 Å². The van der Waals surface area contributed by atoms with Crippen LogP contribution in [0.15, 0.2) is 30.5 Å². The van der Waals surface area contributed by atoms with Crippen molar-refractivity contribution in [2.75, 3.05) is 24.5 Å². The number of halogens is 1. The second-order valence-electron chi connectivity index (χ2n) is 9.39. The van der Waals surface area contributed by atoms with Gasteiger partial charge in [0.25, 0.3) is 5.91 Å². The van der Waals surface area contributed by atoms with E-state index in [1.807, 2.05) is 24.1 Å². The lowest BCUT2D eigenvalue weighted by Gasteiger charge is -2.34. The van der Waals surface area contributed by atoms with E-state index in [1.54, 1.807) is 10.6 Å². The predicted octanol–water partition coefficient (Wildman–Crippen LogP) is 2.96. The highest BCUT2D eigenvalue weighted by Gasteiger charge is 2.33. The van der Waals surface area contributed by atoms with Crippen molar-refractivity contribution in [2.45, 2.75) is 44.7 Å². The van der Waals surface area contributed by atoms with E-state index in [1.165, 1.54) is 12.1 Å². The van der Waals surface area contributed by atoms with Gasteiger partial charge in [0.15, 0.2) is 11.3 Å². The molecule has 6 rings (SSSR count). The van der Waals surface area contributed by atoms with Gasteiger partial charge in [0.05, 0.1) is 17.3 Å². The van der Waals surface area contributed by atoms with Crippen molar-refractivity contribution in [3.8, 4) is 0 Å². The van der Waals surface area contributed by atoms with Crippen LogP contribution in [0.4, 0.5) is 10.2 Å². The third-order valence-electron chi connectivity index (χ3n) is 6.98. The fraction of sp³-hybridized carbons (Fsp3) is 0.417. The molecular formula is C24H27FN8O. The van der Waals surface area contributed by atoms with Gasteiger partial charge >= 0.3 is 0 Å². The summed E-state index contributed by atoms with van der Waals surface area (Å²) in [6.07, 6.45) is 5.66. The van der Waals surface area contributed by atoms with Crippen molar-refractivity contribution in [1.29, 1.82) is 0 Å². The number of nitrogens with two attached hydrogens (primary N) is 1. The zero-order chi connectivity index (χ0) is 23.4. The first-order valence-electron chi connectivity index (χ1n) is 11.8. The molecule has 2 aliphatic heterocycles. The molecule has 0 bridgehead atoms. The first kappa shape index (κ1) is 21.0. The monoisotopic (exact) mass is 462 g/mol. The van der Waals surface area contributed by atoms with E-state index in [-0.39, 0.29) is 23.7 Å². The number of hydrogen-bond donors (Lipinski definition) is 2. The summed E-state index contributed by atoms with van der Waals surface area (Å²) in [7, 11) is 0. The Morgan fingerprint density at radius 1 is 1.21 bits per heavy atom. The highest BCUT2D eigenvalue weighted by molar-refractivity contribution is 6.04. The summed E-state index contributed by atoms with van der Waals surface area (Å²) in [6, 6.07) is 6.27. The number of carbonyl (C=O) groups excluding carboxylic acids is 1. The van der Waals surface area contributed by atoms with Crippen LogP contribution in [-0.4, -0.2) is 61.3 Å². The summed E-state index contributed by atoms with van der Waals surface area (Å²) in [6.45, 7) is 4.33. The van der Waals surface area contributed by atoms with E-state index in [0.29, 0.717) is 17.4 Å². The molecule has 2 aliphatic rings. The lowest BCUT2D eigenvalue weighted by Crippen LogP contribution is -2.39. The van der Waals surface area contributed by atoms with Crippen LogP contribution in [0.5, 0.6) is 0 Å². The lowest BCUT2D eigenvalue weighted by atomic mass is 9.98. The molecule has 3 N–H and O–H groups in total. The summed E-state index contributed by atoms with van der Waals surface area (Å²) in [5, 5.41) is 12.4. The fourth-order valence-electron chi connectivity index (χ4n) is 5.25. The number of piperidine rings is 1. The van der Waals surface area contributed by atoms with Crippen molar-refractivity contribution < 1.29 is 9.18 Å². The van der Waals surface area contributed by atoms with E-state index in [4.69, 9.17) is 15.8 Å². The maximum atomic E-state index is 13.9. The number of likely N-dealkylation sites (tertiary alicyclic amines) is 1. The van der Waals surface area contributed by atoms with E-state index in [2.05, 4.69) is 15.1 Å². The van der Waals surface area contributed by atoms with Gasteiger partial charge in [0.2, 0.25) is 0 Å². The number of aromatic amines is 1. The van der Waals surface area contributed by atoms with Crippen molar-refractivity contribution in [3.05, 3.63) is 53.2 Å². The van der Waals surface area contributed by atoms with Gasteiger partial charge < -0.3 is 15.5 Å². The third-order valence-corrected chi connectivity index (χ3v) is 6.98. The summed E-state index contributed by atoms with van der Waals surface area (Å²) in [5.41, 5.74) is 9.58. The number of anilines is 1. The third kappa shape index (κ3) is 3.49. The lowest BCUT2D eigenvalue weighted by molar-refractivity contribution is 0.0601. The minimum atomic E-state index is -0.394. The summed E-state index contributed by atoms with van der Waals surface area (Å²) in [5.74, 6) is 0.331. The number of H-pyrrole nitrogens is 1. The molecule has 0 radical (unpaired) electrons. The van der Waals surface area contributed by atoms with Gasteiger partial charge in [-0.05, 0) is 50.8 Å². The minimum Gasteiger partial charge on any atom is -0.355 e. The Kier molecular flexibility index (Phi) is 4.98. The van der Waals surface area contributed by atoms with Crippen molar-refractivity contribution in [2.24, 2.45) is 5.73 Å². The Bertz CT molecular complexity index is 1390. The number of rotatable bonds is 3. The van der Waals surface area contributed by atoms with Crippen LogP contribution < -0.4 is 10.6 Å². The SMILES string of the molecule is Cc1cn2nc([C@@H]3CCCCN3C(=O)c3n[nH]c4ccc(F)cc34)cc2nc1N1CC[C@H](N)C1. The molecule has 176 valence electrons. The summed E-state index contributed by atoms with van der Waals surface area (Å²) >= 11 is 0. The van der Waals surface area contributed by atoms with E-state index in [0.717, 1.165) is 61.5 Å². The number of nitrogens with zero attached hydrogens (tertiary/aromatic N) is 6. The van der Waals surface area contributed by atoms with Gasteiger partial charge in [-0.1, -0.05) is 0 Å². The summed E-state index contributed by atoms with van der Waals surface area (Å²) < 4.78 is 15.7. The average molecular weight is 463 g/mol. The molecule has 4 aromatic rings. The molecule has 0 saturated carbocycles. The zero-order valence-corrected chi connectivity index (χ0v) is 19.0. The van der Waals surface area contributed by atoms with Gasteiger partial charge in [-0.2, -0.15) is 10.2 Å². The van der Waals surface area contributed by atoms with Crippen molar-refractivity contribution in [3.63, 3.8) is 0 Å². The molecule has 0 spiro atoms. The van der Waals surface area contributed by atoms with Gasteiger partial charge in [-0.3, -0.25) is 9.89 Å². The highest BCUT2D eigenvalue weighted by Crippen LogP contribution is 2.33. The molecule has 1 amide bonds. The van der Waals surface area contributed by atoms with Crippen LogP contribution >= 0.6 is 0 Å². The predicted molar refractivity (Wildman–Crippen MR) is 126 cm³/mol. The van der Waals surface area contributed by atoms with Gasteiger partial charge in [-0.15, -0.1) is 0 Å². The molecule has 3 aromatic heterocycles. The molecule has 0 unspecified atom stereocenters. The van der Waals surface area contributed by atoms with Crippen LogP contribution in [0.25, 0.3) is 16.6 Å². The number of carbonyl (C=O) groups is 1. The number of nitrogens with one attached hydrogen (secondary N) is 1. The molecular weight excluding hydrogens is 435 g/mol. The van der Waals surface area contributed by atoms with Gasteiger partial charge in [-0.25, -0.2) is 13.9 Å². The largest absolute Gasteiger partial charge is 0.355 e. The van der Waals surface area contributed by atoms with Gasteiger partial charge in [0.1, 0.15) is 11.6 Å². The zero-order valence-electron chi connectivity index (χ0n) is 19.0. The average Bonchev–Trinajstić information content (AvgIpc) is 3.55. The van der Waals surface area contributed by atoms with Crippen LogP contribution in [-0.2, 0) is 0 Å². The smallest absolute Gasteiger partial charge is 0.275 e. The number of aromatic nitrogens is 5. The van der Waals surface area contributed by atoms with Crippen molar-refractivity contribution >= 4 is 28.3 Å². The number of amides is 1. The maximum absolute atomic E-state index is 13.9. The van der Waals surface area contributed by atoms with E-state index in [9.17, 15) is 9.18 Å². The standard InChI is InChI=1S/C24H27FN8O/c1-14-12-33-21(27-23(14)31-9-7-16(26)13-31)11-19(30-33)20-4-2-3-8-32(20)24(34)22-17-10-15(25)5-6-18(17)28-29-22/h5-6,10-12,16,20H,2-4,7-9,13,26H2,1H3,(H,28,29)/t16-,20-/m0/s1. The molecule has 2 atom stereocenters. The first-order valence-corrected chi connectivity index (χ1v) is 11.8. The highest BCUT2D eigenvalue weighted by atomic mass is 19.1. The first-order chi connectivity index (χ1) is 16.5. The fourth-order valence-corrected chi connectivity index (χ4v) is 5.25. The molecule has 34 heavy (non-hydrogen) atoms. The maximum Gasteiger partial charge on any atom is 0.275 e. The van der Waals surface area contributed by atoms with Crippen molar-refractivity contribution in [1.82, 2.24) is 29.7 Å². The van der Waals surface area contributed by atoms with E-state index < -0.39 is 5.82 Å². The van der Waals surface area contributed by atoms with Gasteiger partial charge in [0, 0.05) is 48.9 Å². The Balaban J connectivity index is 1.35. The minimum absolute atomic E-state index is 0.173. The molecule has 2 fully saturated rings.